The lowest BCUT2D eigenvalue weighted by atomic mass is 9.83. The van der Waals surface area contributed by atoms with Crippen molar-refractivity contribution >= 4 is 0 Å². The van der Waals surface area contributed by atoms with Crippen LogP contribution in [0.1, 0.15) is 37.2 Å². The van der Waals surface area contributed by atoms with Crippen molar-refractivity contribution in [2.45, 2.75) is 31.6 Å². The quantitative estimate of drug-likeness (QED) is 0.633. The Morgan fingerprint density at radius 2 is 1.79 bits per heavy atom. The molecule has 0 aliphatic heterocycles. The fraction of sp³-hybridized carbons (Fsp3) is 0.538. The maximum absolute atomic E-state index is 12.8. The van der Waals surface area contributed by atoms with Crippen molar-refractivity contribution in [2.75, 3.05) is 0 Å². The molecule has 2 bridgehead atoms. The fourth-order valence-electron chi connectivity index (χ4n) is 3.36. The molecule has 2 fully saturated rings. The number of fused-ring (bicyclic) bond motifs is 2. The molecule has 2 aliphatic carbocycles. The summed E-state index contributed by atoms with van der Waals surface area (Å²) in [5, 5.41) is 0. The highest BCUT2D eigenvalue weighted by Gasteiger charge is 2.39. The van der Waals surface area contributed by atoms with Gasteiger partial charge in [-0.15, -0.1) is 0 Å². The van der Waals surface area contributed by atoms with Crippen LogP contribution in [0.15, 0.2) is 24.3 Å². The summed E-state index contributed by atoms with van der Waals surface area (Å²) in [7, 11) is 0. The molecule has 3 atom stereocenters. The lowest BCUT2D eigenvalue weighted by Gasteiger charge is -2.21. The zero-order valence-corrected chi connectivity index (χ0v) is 8.25. The van der Waals surface area contributed by atoms with Gasteiger partial charge in [-0.3, -0.25) is 0 Å². The van der Waals surface area contributed by atoms with Crippen LogP contribution in [0.25, 0.3) is 0 Å². The molecule has 2 saturated carbocycles. The van der Waals surface area contributed by atoms with Crippen LogP contribution in [0, 0.1) is 17.7 Å². The third kappa shape index (κ3) is 1.26. The van der Waals surface area contributed by atoms with Gasteiger partial charge in [0.2, 0.25) is 0 Å². The van der Waals surface area contributed by atoms with E-state index in [1.165, 1.54) is 31.2 Å². The molecule has 0 radical (unpaired) electrons. The molecule has 0 nitrogen and oxygen atoms in total. The molecule has 74 valence electrons. The Hall–Kier alpha value is -0.850. The minimum absolute atomic E-state index is 0.114. The number of hydrogen-bond acceptors (Lipinski definition) is 0. The van der Waals surface area contributed by atoms with Crippen LogP contribution in [-0.4, -0.2) is 0 Å². The topological polar surface area (TPSA) is 0 Å². The van der Waals surface area contributed by atoms with E-state index in [1.54, 1.807) is 12.1 Å². The summed E-state index contributed by atoms with van der Waals surface area (Å²) in [4.78, 5) is 0. The van der Waals surface area contributed by atoms with Crippen LogP contribution in [0.3, 0.4) is 0 Å². The van der Waals surface area contributed by atoms with Crippen LogP contribution in [0.4, 0.5) is 4.39 Å². The van der Waals surface area contributed by atoms with Crippen LogP contribution < -0.4 is 0 Å². The van der Waals surface area contributed by atoms with Crippen molar-refractivity contribution in [1.82, 2.24) is 0 Å². The van der Waals surface area contributed by atoms with Crippen molar-refractivity contribution in [1.29, 1.82) is 0 Å². The number of hydrogen-bond donors (Lipinski definition) is 0. The zero-order valence-electron chi connectivity index (χ0n) is 8.25. The van der Waals surface area contributed by atoms with Gasteiger partial charge in [-0.05, 0) is 54.7 Å². The van der Waals surface area contributed by atoms with Crippen LogP contribution in [0.5, 0.6) is 0 Å². The first-order chi connectivity index (χ1) is 6.83. The largest absolute Gasteiger partial charge is 0.207 e. The smallest absolute Gasteiger partial charge is 0.123 e. The van der Waals surface area contributed by atoms with E-state index in [9.17, 15) is 4.39 Å². The van der Waals surface area contributed by atoms with E-state index in [-0.39, 0.29) is 5.82 Å². The Morgan fingerprint density at radius 3 is 2.36 bits per heavy atom. The molecule has 1 heteroatoms. The first-order valence-corrected chi connectivity index (χ1v) is 5.58. The fourth-order valence-corrected chi connectivity index (χ4v) is 3.36. The molecule has 0 spiro atoms. The average molecular weight is 190 g/mol. The summed E-state index contributed by atoms with van der Waals surface area (Å²) in [5.74, 6) is 2.48. The molecule has 0 N–H and O–H groups in total. The standard InChI is InChI=1S/C13H15F/c14-12-5-3-10(4-6-12)13-8-9-1-2-11(13)7-9/h3-6,9,11,13H,1-2,7-8H2/t9-,11+,13-/m1/s1. The van der Waals surface area contributed by atoms with Crippen molar-refractivity contribution < 1.29 is 4.39 Å². The van der Waals surface area contributed by atoms with Crippen LogP contribution in [-0.2, 0) is 0 Å². The highest BCUT2D eigenvalue weighted by atomic mass is 19.1. The van der Waals surface area contributed by atoms with Gasteiger partial charge in [0.25, 0.3) is 0 Å². The average Bonchev–Trinajstić information content (AvgIpc) is 2.80. The normalized spacial score (nSPS) is 35.1. The van der Waals surface area contributed by atoms with Gasteiger partial charge in [0, 0.05) is 0 Å². The number of benzene rings is 1. The Bertz CT molecular complexity index is 328. The molecule has 0 unspecified atom stereocenters. The highest BCUT2D eigenvalue weighted by Crippen LogP contribution is 2.52. The van der Waals surface area contributed by atoms with E-state index in [4.69, 9.17) is 0 Å². The Labute approximate surface area is 84.1 Å². The third-order valence-corrected chi connectivity index (χ3v) is 4.04. The van der Waals surface area contributed by atoms with Gasteiger partial charge in [-0.1, -0.05) is 18.6 Å². The van der Waals surface area contributed by atoms with Gasteiger partial charge < -0.3 is 0 Å². The molecule has 0 heterocycles. The predicted octanol–water partition coefficient (Wildman–Crippen LogP) is 3.73. The van der Waals surface area contributed by atoms with Crippen molar-refractivity contribution in [3.8, 4) is 0 Å². The Kier molecular flexibility index (Phi) is 1.86. The van der Waals surface area contributed by atoms with E-state index < -0.39 is 0 Å². The van der Waals surface area contributed by atoms with Crippen molar-refractivity contribution in [3.05, 3.63) is 35.6 Å². The second kappa shape index (κ2) is 3.08. The molecule has 14 heavy (non-hydrogen) atoms. The summed E-state index contributed by atoms with van der Waals surface area (Å²) in [6, 6.07) is 7.14. The molecule has 1 aromatic carbocycles. The van der Waals surface area contributed by atoms with E-state index >= 15 is 0 Å². The lowest BCUT2D eigenvalue weighted by Crippen LogP contribution is -2.08. The monoisotopic (exact) mass is 190 g/mol. The number of halogens is 1. The maximum atomic E-state index is 12.8. The Balaban J connectivity index is 1.86. The molecule has 0 saturated heterocycles. The van der Waals surface area contributed by atoms with Crippen LogP contribution in [0.2, 0.25) is 0 Å². The van der Waals surface area contributed by atoms with Crippen molar-refractivity contribution in [3.63, 3.8) is 0 Å². The van der Waals surface area contributed by atoms with Gasteiger partial charge in [0.1, 0.15) is 5.82 Å². The van der Waals surface area contributed by atoms with Gasteiger partial charge >= 0.3 is 0 Å². The van der Waals surface area contributed by atoms with Gasteiger partial charge in [0.05, 0.1) is 0 Å². The molecule has 1 aromatic rings. The summed E-state index contributed by atoms with van der Waals surface area (Å²) in [6.07, 6.45) is 5.59. The molecule has 2 aliphatic rings. The summed E-state index contributed by atoms with van der Waals surface area (Å²) in [5.41, 5.74) is 1.36. The second-order valence-corrected chi connectivity index (χ2v) is 4.83. The highest BCUT2D eigenvalue weighted by molar-refractivity contribution is 5.23. The van der Waals surface area contributed by atoms with Gasteiger partial charge in [-0.2, -0.15) is 0 Å². The number of rotatable bonds is 1. The van der Waals surface area contributed by atoms with Gasteiger partial charge in [-0.25, -0.2) is 4.39 Å². The first-order valence-electron chi connectivity index (χ1n) is 5.58. The van der Waals surface area contributed by atoms with Crippen molar-refractivity contribution in [2.24, 2.45) is 11.8 Å². The molecule has 0 aromatic heterocycles. The molecular formula is C13H15F. The van der Waals surface area contributed by atoms with E-state index in [1.807, 2.05) is 12.1 Å². The van der Waals surface area contributed by atoms with Crippen LogP contribution >= 0.6 is 0 Å². The molecular weight excluding hydrogens is 175 g/mol. The first kappa shape index (κ1) is 8.46. The van der Waals surface area contributed by atoms with Gasteiger partial charge in [0.15, 0.2) is 0 Å². The van der Waals surface area contributed by atoms with E-state index in [0.717, 1.165) is 17.8 Å². The third-order valence-electron chi connectivity index (χ3n) is 4.04. The summed E-state index contributed by atoms with van der Waals surface area (Å²) in [6.45, 7) is 0. The molecule has 0 amide bonds. The minimum atomic E-state index is -0.114. The lowest BCUT2D eigenvalue weighted by molar-refractivity contribution is 0.419. The van der Waals surface area contributed by atoms with E-state index in [0.29, 0.717) is 0 Å². The second-order valence-electron chi connectivity index (χ2n) is 4.83. The summed E-state index contributed by atoms with van der Waals surface area (Å²) >= 11 is 0. The maximum Gasteiger partial charge on any atom is 0.123 e. The predicted molar refractivity (Wildman–Crippen MR) is 54.6 cm³/mol. The SMILES string of the molecule is Fc1ccc([C@H]2C[C@@H]3CC[C@H]2C3)cc1. The molecule has 3 rings (SSSR count). The van der Waals surface area contributed by atoms with E-state index in [2.05, 4.69) is 0 Å². The summed E-state index contributed by atoms with van der Waals surface area (Å²) < 4.78 is 12.8. The minimum Gasteiger partial charge on any atom is -0.207 e. The zero-order chi connectivity index (χ0) is 9.54. The Morgan fingerprint density at radius 1 is 1.00 bits per heavy atom.